The Morgan fingerprint density at radius 2 is 2.07 bits per heavy atom. The van der Waals surface area contributed by atoms with Crippen LogP contribution in [0.2, 0.25) is 0 Å². The molecule has 0 N–H and O–H groups in total. The lowest BCUT2D eigenvalue weighted by atomic mass is 10.0. The standard InChI is InChI=1S/C12H9NO/c14-7-10-9-3-1-2-4-11(9)13-12(10)8-5-6-8/h1-4,8H,5-6H2. The van der Waals surface area contributed by atoms with Gasteiger partial charge in [-0.2, -0.15) is 0 Å². The number of hydrogen-bond donors (Lipinski definition) is 0. The smallest absolute Gasteiger partial charge is 0.135 e. The van der Waals surface area contributed by atoms with E-state index in [1.165, 1.54) is 0 Å². The molecular formula is C12H9NO. The van der Waals surface area contributed by atoms with E-state index in [0.29, 0.717) is 11.5 Å². The molecule has 1 saturated carbocycles. The average molecular weight is 183 g/mol. The van der Waals surface area contributed by atoms with E-state index in [2.05, 4.69) is 4.99 Å². The number of nitrogens with zero attached hydrogens (tertiary/aromatic N) is 1. The lowest BCUT2D eigenvalue weighted by Gasteiger charge is -1.96. The molecule has 68 valence electrons. The number of para-hydroxylation sites is 1. The first-order valence-electron chi connectivity index (χ1n) is 4.83. The SMILES string of the molecule is O=C=C1C(C2CC2)=Nc2ccccc21. The van der Waals surface area contributed by atoms with E-state index in [1.807, 2.05) is 30.2 Å². The summed E-state index contributed by atoms with van der Waals surface area (Å²) in [5.74, 6) is 2.54. The summed E-state index contributed by atoms with van der Waals surface area (Å²) in [6.45, 7) is 0. The Hall–Kier alpha value is -1.66. The van der Waals surface area contributed by atoms with Gasteiger partial charge in [0, 0.05) is 11.5 Å². The Kier molecular flexibility index (Phi) is 1.47. The Labute approximate surface area is 82.0 Å². The van der Waals surface area contributed by atoms with Crippen molar-refractivity contribution in [3.8, 4) is 0 Å². The van der Waals surface area contributed by atoms with Crippen LogP contribution >= 0.6 is 0 Å². The molecule has 0 saturated heterocycles. The number of fused-ring (bicyclic) bond motifs is 1. The number of hydrogen-bond acceptors (Lipinski definition) is 2. The molecule has 0 spiro atoms. The largest absolute Gasteiger partial charge is 0.251 e. The third-order valence-corrected chi connectivity index (χ3v) is 2.74. The zero-order valence-electron chi connectivity index (χ0n) is 7.66. The Morgan fingerprint density at radius 3 is 2.79 bits per heavy atom. The molecule has 3 rings (SSSR count). The third kappa shape index (κ3) is 0.980. The predicted molar refractivity (Wildman–Crippen MR) is 55.4 cm³/mol. The maximum atomic E-state index is 10.9. The van der Waals surface area contributed by atoms with E-state index in [-0.39, 0.29) is 0 Å². The van der Waals surface area contributed by atoms with Gasteiger partial charge in [-0.1, -0.05) is 18.2 Å². The van der Waals surface area contributed by atoms with Gasteiger partial charge >= 0.3 is 0 Å². The highest BCUT2D eigenvalue weighted by Crippen LogP contribution is 2.42. The van der Waals surface area contributed by atoms with Crippen molar-refractivity contribution in [1.29, 1.82) is 0 Å². The molecule has 1 heterocycles. The van der Waals surface area contributed by atoms with Crippen molar-refractivity contribution in [2.45, 2.75) is 12.8 Å². The molecule has 1 aromatic carbocycles. The van der Waals surface area contributed by atoms with E-state index < -0.39 is 0 Å². The van der Waals surface area contributed by atoms with Gasteiger partial charge in [0.25, 0.3) is 0 Å². The van der Waals surface area contributed by atoms with E-state index in [1.54, 1.807) is 0 Å². The molecule has 0 atom stereocenters. The molecule has 0 unspecified atom stereocenters. The molecule has 0 radical (unpaired) electrons. The van der Waals surface area contributed by atoms with Crippen molar-refractivity contribution in [3.63, 3.8) is 0 Å². The summed E-state index contributed by atoms with van der Waals surface area (Å²) in [7, 11) is 0. The summed E-state index contributed by atoms with van der Waals surface area (Å²) < 4.78 is 0. The van der Waals surface area contributed by atoms with Crippen LogP contribution in [0, 0.1) is 5.92 Å². The quantitative estimate of drug-likeness (QED) is 0.615. The second-order valence-corrected chi connectivity index (χ2v) is 3.77. The Morgan fingerprint density at radius 1 is 1.29 bits per heavy atom. The summed E-state index contributed by atoms with van der Waals surface area (Å²) in [6, 6.07) is 7.76. The van der Waals surface area contributed by atoms with Crippen LogP contribution in [-0.4, -0.2) is 11.7 Å². The minimum absolute atomic E-state index is 0.513. The fraction of sp³-hybridized carbons (Fsp3) is 0.250. The molecule has 0 aromatic heterocycles. The molecule has 1 fully saturated rings. The van der Waals surface area contributed by atoms with Crippen molar-refractivity contribution in [1.82, 2.24) is 0 Å². The van der Waals surface area contributed by atoms with Crippen LogP contribution in [0.3, 0.4) is 0 Å². The highest BCUT2D eigenvalue weighted by Gasteiger charge is 2.34. The van der Waals surface area contributed by atoms with Crippen LogP contribution < -0.4 is 0 Å². The lowest BCUT2D eigenvalue weighted by molar-refractivity contribution is 0.570. The summed E-state index contributed by atoms with van der Waals surface area (Å²) in [6.07, 6.45) is 2.33. The normalized spacial score (nSPS) is 18.9. The minimum Gasteiger partial charge on any atom is -0.251 e. The zero-order valence-corrected chi connectivity index (χ0v) is 7.66. The van der Waals surface area contributed by atoms with Crippen molar-refractivity contribution >= 4 is 22.9 Å². The fourth-order valence-electron chi connectivity index (χ4n) is 1.87. The minimum atomic E-state index is 0.513. The summed E-state index contributed by atoms with van der Waals surface area (Å²) in [4.78, 5) is 15.4. The zero-order chi connectivity index (χ0) is 9.54. The number of allylic oxidation sites excluding steroid dienone is 1. The Balaban J connectivity index is 2.19. The van der Waals surface area contributed by atoms with Crippen LogP contribution in [-0.2, 0) is 4.79 Å². The molecule has 1 aliphatic heterocycles. The van der Waals surface area contributed by atoms with Gasteiger partial charge in [0.1, 0.15) is 5.94 Å². The van der Waals surface area contributed by atoms with Crippen LogP contribution in [0.25, 0.3) is 5.57 Å². The van der Waals surface area contributed by atoms with Gasteiger partial charge in [0.2, 0.25) is 0 Å². The first-order valence-corrected chi connectivity index (χ1v) is 4.83. The first kappa shape index (κ1) is 7.72. The van der Waals surface area contributed by atoms with Gasteiger partial charge < -0.3 is 0 Å². The first-order chi connectivity index (χ1) is 6.90. The van der Waals surface area contributed by atoms with Crippen LogP contribution in [0.5, 0.6) is 0 Å². The van der Waals surface area contributed by atoms with E-state index in [4.69, 9.17) is 0 Å². The molecule has 1 aliphatic carbocycles. The van der Waals surface area contributed by atoms with E-state index in [0.717, 1.165) is 29.8 Å². The third-order valence-electron chi connectivity index (χ3n) is 2.74. The topological polar surface area (TPSA) is 29.4 Å². The van der Waals surface area contributed by atoms with Crippen molar-refractivity contribution in [2.75, 3.05) is 0 Å². The van der Waals surface area contributed by atoms with Gasteiger partial charge in [-0.15, -0.1) is 0 Å². The molecule has 0 bridgehead atoms. The summed E-state index contributed by atoms with van der Waals surface area (Å²) >= 11 is 0. The van der Waals surface area contributed by atoms with Gasteiger partial charge in [-0.25, -0.2) is 4.79 Å². The number of carbonyl (C=O) groups excluding carboxylic acids is 1. The van der Waals surface area contributed by atoms with Gasteiger partial charge in [0.05, 0.1) is 17.0 Å². The van der Waals surface area contributed by atoms with E-state index >= 15 is 0 Å². The van der Waals surface area contributed by atoms with Gasteiger partial charge in [0.15, 0.2) is 0 Å². The van der Waals surface area contributed by atoms with Crippen LogP contribution in [0.4, 0.5) is 5.69 Å². The number of aliphatic imine (C=N–C) groups is 1. The monoisotopic (exact) mass is 183 g/mol. The van der Waals surface area contributed by atoms with Crippen LogP contribution in [0.1, 0.15) is 18.4 Å². The second kappa shape index (κ2) is 2.66. The highest BCUT2D eigenvalue weighted by atomic mass is 16.1. The molecular weight excluding hydrogens is 174 g/mol. The summed E-state index contributed by atoms with van der Waals surface area (Å²) in [5.41, 5.74) is 3.52. The van der Waals surface area contributed by atoms with Crippen molar-refractivity contribution < 1.29 is 4.79 Å². The maximum Gasteiger partial charge on any atom is 0.135 e. The second-order valence-electron chi connectivity index (χ2n) is 3.77. The maximum absolute atomic E-state index is 10.9. The van der Waals surface area contributed by atoms with Crippen LogP contribution in [0.15, 0.2) is 29.3 Å². The van der Waals surface area contributed by atoms with E-state index in [9.17, 15) is 4.79 Å². The van der Waals surface area contributed by atoms with Crippen molar-refractivity contribution in [2.24, 2.45) is 10.9 Å². The fourth-order valence-corrected chi connectivity index (χ4v) is 1.87. The molecule has 0 amide bonds. The Bertz CT molecular complexity index is 477. The number of rotatable bonds is 1. The van der Waals surface area contributed by atoms with Gasteiger partial charge in [-0.05, 0) is 18.9 Å². The molecule has 2 nitrogen and oxygen atoms in total. The molecule has 2 aliphatic rings. The molecule has 1 aromatic rings. The number of benzene rings is 1. The summed E-state index contributed by atoms with van der Waals surface area (Å²) in [5, 5.41) is 0. The molecule has 14 heavy (non-hydrogen) atoms. The average Bonchev–Trinajstić information content (AvgIpc) is 2.99. The predicted octanol–water partition coefficient (Wildman–Crippen LogP) is 2.40. The van der Waals surface area contributed by atoms with Crippen molar-refractivity contribution in [3.05, 3.63) is 29.8 Å². The lowest BCUT2D eigenvalue weighted by Crippen LogP contribution is -1.99. The highest BCUT2D eigenvalue weighted by molar-refractivity contribution is 6.36. The van der Waals surface area contributed by atoms with Gasteiger partial charge in [-0.3, -0.25) is 4.99 Å². The molecule has 2 heteroatoms.